The quantitative estimate of drug-likeness (QED) is 0.600. The lowest BCUT2D eigenvalue weighted by molar-refractivity contribution is -0.227. The SMILES string of the molecule is C=C(c1cccc(CC2=CN=C(N)N(OC)C2(N)OC)c1)c1ccc2ccccc2c1. The Morgan fingerprint density at radius 3 is 2.48 bits per heavy atom. The number of nitrogens with zero attached hydrogens (tertiary/aromatic N) is 2. The largest absolute Gasteiger partial charge is 0.368 e. The van der Waals surface area contributed by atoms with Crippen LogP contribution in [0.5, 0.6) is 0 Å². The lowest BCUT2D eigenvalue weighted by Gasteiger charge is -2.41. The van der Waals surface area contributed by atoms with Gasteiger partial charge in [-0.1, -0.05) is 67.2 Å². The van der Waals surface area contributed by atoms with Gasteiger partial charge in [-0.15, -0.1) is 0 Å². The maximum atomic E-state index is 6.47. The molecule has 0 fully saturated rings. The van der Waals surface area contributed by atoms with E-state index < -0.39 is 5.85 Å². The van der Waals surface area contributed by atoms with Crippen molar-refractivity contribution >= 4 is 22.3 Å². The van der Waals surface area contributed by atoms with E-state index in [1.54, 1.807) is 6.20 Å². The van der Waals surface area contributed by atoms with Crippen molar-refractivity contribution in [1.29, 1.82) is 0 Å². The van der Waals surface area contributed by atoms with Crippen LogP contribution in [0.1, 0.15) is 16.7 Å². The summed E-state index contributed by atoms with van der Waals surface area (Å²) >= 11 is 0. The van der Waals surface area contributed by atoms with Gasteiger partial charge >= 0.3 is 0 Å². The highest BCUT2D eigenvalue weighted by Gasteiger charge is 2.41. The molecule has 1 heterocycles. The number of methoxy groups -OCH3 is 1. The summed E-state index contributed by atoms with van der Waals surface area (Å²) in [5.74, 6) is -1.21. The fourth-order valence-corrected chi connectivity index (χ4v) is 3.84. The molecule has 0 bridgehead atoms. The van der Waals surface area contributed by atoms with Crippen LogP contribution in [0.25, 0.3) is 16.3 Å². The minimum atomic E-state index is -1.34. The number of hydroxylamine groups is 2. The lowest BCUT2D eigenvalue weighted by atomic mass is 9.93. The molecule has 3 aromatic carbocycles. The Balaban J connectivity index is 1.63. The first-order valence-electron chi connectivity index (χ1n) is 9.95. The van der Waals surface area contributed by atoms with Crippen molar-refractivity contribution in [3.05, 3.63) is 102 Å². The monoisotopic (exact) mass is 414 g/mol. The smallest absolute Gasteiger partial charge is 0.247 e. The summed E-state index contributed by atoms with van der Waals surface area (Å²) in [5, 5.41) is 3.66. The second kappa shape index (κ2) is 8.35. The van der Waals surface area contributed by atoms with E-state index in [4.69, 9.17) is 21.0 Å². The summed E-state index contributed by atoms with van der Waals surface area (Å²) in [4.78, 5) is 9.50. The third-order valence-corrected chi connectivity index (χ3v) is 5.58. The van der Waals surface area contributed by atoms with E-state index in [2.05, 4.69) is 54.0 Å². The van der Waals surface area contributed by atoms with Gasteiger partial charge in [0.05, 0.1) is 7.11 Å². The van der Waals surface area contributed by atoms with E-state index in [0.717, 1.165) is 27.8 Å². The summed E-state index contributed by atoms with van der Waals surface area (Å²) in [7, 11) is 2.98. The zero-order chi connectivity index (χ0) is 22.0. The maximum Gasteiger partial charge on any atom is 0.247 e. The first-order chi connectivity index (χ1) is 15.0. The molecule has 0 radical (unpaired) electrons. The first-order valence-corrected chi connectivity index (χ1v) is 9.95. The standard InChI is InChI=1S/C25H26N4O2/c1-17(21-12-11-19-8-4-5-9-22(19)15-21)20-10-6-7-18(13-20)14-23-16-28-24(26)29(31-3)25(23,27)30-2/h4-13,15-16H,1,14,27H2,2-3H3,(H2,26,28). The van der Waals surface area contributed by atoms with Crippen LogP contribution in [0.15, 0.2) is 90.1 Å². The van der Waals surface area contributed by atoms with Crippen LogP contribution < -0.4 is 11.5 Å². The minimum absolute atomic E-state index is 0.133. The van der Waals surface area contributed by atoms with Gasteiger partial charge in [-0.2, -0.15) is 5.06 Å². The summed E-state index contributed by atoms with van der Waals surface area (Å²) in [6, 6.07) is 22.9. The second-order valence-electron chi connectivity index (χ2n) is 7.44. The molecule has 0 saturated carbocycles. The van der Waals surface area contributed by atoms with Crippen molar-refractivity contribution in [2.24, 2.45) is 16.5 Å². The van der Waals surface area contributed by atoms with Crippen molar-refractivity contribution < 1.29 is 9.57 Å². The third kappa shape index (κ3) is 3.84. The Kier molecular flexibility index (Phi) is 5.61. The minimum Gasteiger partial charge on any atom is -0.368 e. The fraction of sp³-hybridized carbons (Fsp3) is 0.160. The van der Waals surface area contributed by atoms with Gasteiger partial charge in [-0.05, 0) is 39.1 Å². The van der Waals surface area contributed by atoms with Gasteiger partial charge in [0, 0.05) is 25.3 Å². The highest BCUT2D eigenvalue weighted by atomic mass is 16.7. The third-order valence-electron chi connectivity index (χ3n) is 5.58. The second-order valence-corrected chi connectivity index (χ2v) is 7.44. The van der Waals surface area contributed by atoms with E-state index in [0.29, 0.717) is 6.42 Å². The molecule has 6 nitrogen and oxygen atoms in total. The van der Waals surface area contributed by atoms with Crippen LogP contribution in [0.2, 0.25) is 0 Å². The van der Waals surface area contributed by atoms with Crippen molar-refractivity contribution in [2.45, 2.75) is 12.3 Å². The molecule has 0 spiro atoms. The molecular formula is C25H26N4O2. The molecule has 6 heteroatoms. The molecule has 1 unspecified atom stereocenters. The highest BCUT2D eigenvalue weighted by molar-refractivity contribution is 5.89. The number of benzene rings is 3. The number of hydrogen-bond acceptors (Lipinski definition) is 6. The van der Waals surface area contributed by atoms with E-state index >= 15 is 0 Å². The highest BCUT2D eigenvalue weighted by Crippen LogP contribution is 2.30. The van der Waals surface area contributed by atoms with E-state index in [-0.39, 0.29) is 5.96 Å². The Morgan fingerprint density at radius 1 is 1.00 bits per heavy atom. The normalized spacial score (nSPS) is 18.6. The van der Waals surface area contributed by atoms with Gasteiger partial charge in [0.2, 0.25) is 11.8 Å². The van der Waals surface area contributed by atoms with Crippen LogP contribution in [-0.4, -0.2) is 31.1 Å². The maximum absolute atomic E-state index is 6.47. The van der Waals surface area contributed by atoms with Gasteiger partial charge in [0.1, 0.15) is 0 Å². The van der Waals surface area contributed by atoms with Crippen LogP contribution in [0.4, 0.5) is 0 Å². The molecule has 1 atom stereocenters. The summed E-state index contributed by atoms with van der Waals surface area (Å²) in [6.45, 7) is 4.34. The van der Waals surface area contributed by atoms with Gasteiger partial charge in [-0.25, -0.2) is 4.99 Å². The Hall–Kier alpha value is -3.45. The van der Waals surface area contributed by atoms with Crippen molar-refractivity contribution in [1.82, 2.24) is 5.06 Å². The van der Waals surface area contributed by atoms with Crippen LogP contribution in [0.3, 0.4) is 0 Å². The molecule has 0 amide bonds. The fourth-order valence-electron chi connectivity index (χ4n) is 3.84. The average Bonchev–Trinajstić information content (AvgIpc) is 2.80. The van der Waals surface area contributed by atoms with E-state index in [9.17, 15) is 0 Å². The van der Waals surface area contributed by atoms with Crippen molar-refractivity contribution in [2.75, 3.05) is 14.2 Å². The molecule has 1 aliphatic heterocycles. The topological polar surface area (TPSA) is 86.1 Å². The molecule has 158 valence electrons. The molecule has 1 aliphatic rings. The van der Waals surface area contributed by atoms with E-state index in [1.807, 2.05) is 24.3 Å². The molecule has 3 aromatic rings. The Labute approximate surface area is 182 Å². The Morgan fingerprint density at radius 2 is 1.74 bits per heavy atom. The van der Waals surface area contributed by atoms with Crippen LogP contribution >= 0.6 is 0 Å². The van der Waals surface area contributed by atoms with E-state index in [1.165, 1.54) is 30.1 Å². The number of fused-ring (bicyclic) bond motifs is 1. The zero-order valence-corrected chi connectivity index (χ0v) is 17.7. The number of ether oxygens (including phenoxy) is 1. The lowest BCUT2D eigenvalue weighted by Crippen LogP contribution is -2.63. The molecule has 0 saturated heterocycles. The summed E-state index contributed by atoms with van der Waals surface area (Å²) in [6.07, 6.45) is 2.15. The molecule has 0 aliphatic carbocycles. The van der Waals surface area contributed by atoms with Crippen LogP contribution in [0, 0.1) is 0 Å². The van der Waals surface area contributed by atoms with Gasteiger partial charge in [-0.3, -0.25) is 10.6 Å². The van der Waals surface area contributed by atoms with Gasteiger partial charge in [0.15, 0.2) is 0 Å². The summed E-state index contributed by atoms with van der Waals surface area (Å²) in [5.41, 5.74) is 17.2. The number of hydrogen-bond donors (Lipinski definition) is 2. The predicted molar refractivity (Wildman–Crippen MR) is 125 cm³/mol. The Bertz CT molecular complexity index is 1200. The number of guanidine groups is 1. The molecule has 31 heavy (non-hydrogen) atoms. The number of nitrogens with two attached hydrogens (primary N) is 2. The zero-order valence-electron chi connectivity index (χ0n) is 17.7. The van der Waals surface area contributed by atoms with Crippen molar-refractivity contribution in [3.8, 4) is 0 Å². The molecular weight excluding hydrogens is 388 g/mol. The van der Waals surface area contributed by atoms with Gasteiger partial charge in [0.25, 0.3) is 0 Å². The van der Waals surface area contributed by atoms with Gasteiger partial charge < -0.3 is 10.5 Å². The average molecular weight is 415 g/mol. The number of aliphatic imine (C=N–C) groups is 1. The molecule has 4 rings (SSSR count). The van der Waals surface area contributed by atoms with Crippen LogP contribution in [-0.2, 0) is 16.0 Å². The molecule has 4 N–H and O–H groups in total. The molecule has 0 aromatic heterocycles. The predicted octanol–water partition coefficient (Wildman–Crippen LogP) is 3.78. The first kappa shape index (κ1) is 20.8. The van der Waals surface area contributed by atoms with Crippen molar-refractivity contribution in [3.63, 3.8) is 0 Å². The summed E-state index contributed by atoms with van der Waals surface area (Å²) < 4.78 is 5.56. The number of rotatable bonds is 6.